The summed E-state index contributed by atoms with van der Waals surface area (Å²) in [4.78, 5) is 11.5. The second-order valence-corrected chi connectivity index (χ2v) is 3.98. The van der Waals surface area contributed by atoms with Crippen molar-refractivity contribution in [3.8, 4) is 0 Å². The molecule has 0 radical (unpaired) electrons. The minimum Gasteiger partial charge on any atom is -0.462 e. The van der Waals surface area contributed by atoms with Crippen molar-refractivity contribution < 1.29 is 9.53 Å². The lowest BCUT2D eigenvalue weighted by Gasteiger charge is -1.99. The fourth-order valence-corrected chi connectivity index (χ4v) is 1.81. The first-order valence-electron chi connectivity index (χ1n) is 4.76. The van der Waals surface area contributed by atoms with E-state index in [0.717, 1.165) is 5.52 Å². The second-order valence-electron chi connectivity index (χ2n) is 3.22. The van der Waals surface area contributed by atoms with Crippen LogP contribution in [0.1, 0.15) is 17.3 Å². The highest BCUT2D eigenvalue weighted by Gasteiger charge is 2.11. The van der Waals surface area contributed by atoms with Crippen molar-refractivity contribution in [2.45, 2.75) is 6.92 Å². The highest BCUT2D eigenvalue weighted by molar-refractivity contribution is 6.41. The van der Waals surface area contributed by atoms with Crippen LogP contribution in [-0.2, 0) is 4.74 Å². The lowest BCUT2D eigenvalue weighted by atomic mass is 10.3. The van der Waals surface area contributed by atoms with Crippen LogP contribution in [0.25, 0.3) is 5.52 Å². The van der Waals surface area contributed by atoms with Gasteiger partial charge in [-0.2, -0.15) is 0 Å². The SMILES string of the molecule is CCOC(=O)c1cc2ccc(Cl)c(Cl)n2c1. The van der Waals surface area contributed by atoms with Crippen molar-refractivity contribution in [1.29, 1.82) is 0 Å². The molecule has 0 saturated heterocycles. The first-order valence-corrected chi connectivity index (χ1v) is 5.52. The van der Waals surface area contributed by atoms with Gasteiger partial charge in [0.25, 0.3) is 0 Å². The van der Waals surface area contributed by atoms with Crippen LogP contribution in [0, 0.1) is 0 Å². The number of halogens is 2. The van der Waals surface area contributed by atoms with Crippen molar-refractivity contribution in [3.05, 3.63) is 40.1 Å². The standard InChI is InChI=1S/C11H9Cl2NO2/c1-2-16-11(15)7-5-8-3-4-9(12)10(13)14(8)6-7/h3-6H,2H2,1H3. The monoisotopic (exact) mass is 257 g/mol. The third-order valence-electron chi connectivity index (χ3n) is 2.17. The van der Waals surface area contributed by atoms with Gasteiger partial charge in [0.15, 0.2) is 0 Å². The molecule has 0 aliphatic rings. The van der Waals surface area contributed by atoms with Crippen LogP contribution >= 0.6 is 23.2 Å². The second kappa shape index (κ2) is 4.36. The Hall–Kier alpha value is -1.19. The smallest absolute Gasteiger partial charge is 0.339 e. The van der Waals surface area contributed by atoms with Gasteiger partial charge in [-0.25, -0.2) is 4.79 Å². The van der Waals surface area contributed by atoms with Gasteiger partial charge in [0, 0.05) is 11.7 Å². The normalized spacial score (nSPS) is 10.7. The third kappa shape index (κ3) is 1.88. The molecule has 0 aliphatic heterocycles. The highest BCUT2D eigenvalue weighted by atomic mass is 35.5. The summed E-state index contributed by atoms with van der Waals surface area (Å²) < 4.78 is 6.55. The van der Waals surface area contributed by atoms with E-state index in [-0.39, 0.29) is 5.97 Å². The minimum atomic E-state index is -0.363. The van der Waals surface area contributed by atoms with Crippen molar-refractivity contribution >= 4 is 34.7 Å². The van der Waals surface area contributed by atoms with E-state index < -0.39 is 0 Å². The molecule has 2 heterocycles. The Morgan fingerprint density at radius 3 is 2.88 bits per heavy atom. The summed E-state index contributed by atoms with van der Waals surface area (Å²) in [5, 5.41) is 0.829. The van der Waals surface area contributed by atoms with Crippen molar-refractivity contribution in [3.63, 3.8) is 0 Å². The van der Waals surface area contributed by atoms with Crippen LogP contribution in [0.4, 0.5) is 0 Å². The average molecular weight is 258 g/mol. The molecule has 0 aliphatic carbocycles. The van der Waals surface area contributed by atoms with E-state index >= 15 is 0 Å². The third-order valence-corrected chi connectivity index (χ3v) is 2.96. The molecule has 0 amide bonds. The molecule has 5 heteroatoms. The fraction of sp³-hybridized carbons (Fsp3) is 0.182. The molecule has 0 N–H and O–H groups in total. The van der Waals surface area contributed by atoms with Crippen molar-refractivity contribution in [2.75, 3.05) is 6.61 Å². The van der Waals surface area contributed by atoms with E-state index in [2.05, 4.69) is 0 Å². The molecule has 2 aromatic heterocycles. The Bertz CT molecular complexity index is 548. The maximum atomic E-state index is 11.5. The number of pyridine rings is 1. The van der Waals surface area contributed by atoms with Gasteiger partial charge in [-0.1, -0.05) is 23.2 Å². The molecule has 16 heavy (non-hydrogen) atoms. The van der Waals surface area contributed by atoms with Crippen LogP contribution in [-0.4, -0.2) is 17.0 Å². The molecule has 0 bridgehead atoms. The highest BCUT2D eigenvalue weighted by Crippen LogP contribution is 2.25. The van der Waals surface area contributed by atoms with Gasteiger partial charge in [0.1, 0.15) is 5.15 Å². The Morgan fingerprint density at radius 1 is 1.44 bits per heavy atom. The zero-order chi connectivity index (χ0) is 11.7. The summed E-state index contributed by atoms with van der Waals surface area (Å²) in [6, 6.07) is 5.19. The van der Waals surface area contributed by atoms with Gasteiger partial charge in [0.2, 0.25) is 0 Å². The average Bonchev–Trinajstić information content (AvgIpc) is 2.69. The van der Waals surface area contributed by atoms with Gasteiger partial charge in [-0.05, 0) is 25.1 Å². The number of aromatic nitrogens is 1. The zero-order valence-corrected chi connectivity index (χ0v) is 10.0. The molecule has 2 aromatic rings. The van der Waals surface area contributed by atoms with E-state index in [1.807, 2.05) is 0 Å². The number of ether oxygens (including phenoxy) is 1. The van der Waals surface area contributed by atoms with E-state index in [4.69, 9.17) is 27.9 Å². The summed E-state index contributed by atoms with van der Waals surface area (Å²) in [5.41, 5.74) is 1.27. The topological polar surface area (TPSA) is 30.7 Å². The Balaban J connectivity index is 2.52. The predicted octanol–water partition coefficient (Wildman–Crippen LogP) is 3.42. The van der Waals surface area contributed by atoms with Gasteiger partial charge in [0.05, 0.1) is 17.2 Å². The molecule has 84 valence electrons. The molecule has 0 atom stereocenters. The summed E-state index contributed by atoms with van der Waals surface area (Å²) in [6.45, 7) is 2.11. The van der Waals surface area contributed by atoms with E-state index in [0.29, 0.717) is 22.3 Å². The Morgan fingerprint density at radius 2 is 2.19 bits per heavy atom. The minimum absolute atomic E-state index is 0.347. The Kier molecular flexibility index (Phi) is 3.08. The van der Waals surface area contributed by atoms with Crippen molar-refractivity contribution in [2.24, 2.45) is 0 Å². The van der Waals surface area contributed by atoms with Crippen LogP contribution in [0.5, 0.6) is 0 Å². The number of esters is 1. The molecular formula is C11H9Cl2NO2. The number of fused-ring (bicyclic) bond motifs is 1. The molecule has 0 aromatic carbocycles. The Labute approximate surface area is 103 Å². The molecular weight excluding hydrogens is 249 g/mol. The van der Waals surface area contributed by atoms with Crippen molar-refractivity contribution in [1.82, 2.24) is 4.40 Å². The predicted molar refractivity (Wildman–Crippen MR) is 63.4 cm³/mol. The molecule has 0 fully saturated rings. The molecule has 0 spiro atoms. The van der Waals surface area contributed by atoms with Gasteiger partial charge < -0.3 is 9.14 Å². The van der Waals surface area contributed by atoms with E-state index in [1.165, 1.54) is 0 Å². The summed E-state index contributed by atoms with van der Waals surface area (Å²) >= 11 is 11.9. The van der Waals surface area contributed by atoms with E-state index in [9.17, 15) is 4.79 Å². The van der Waals surface area contributed by atoms with Crippen LogP contribution in [0.15, 0.2) is 24.4 Å². The van der Waals surface area contributed by atoms with Gasteiger partial charge >= 0.3 is 5.97 Å². The molecule has 0 unspecified atom stereocenters. The first-order chi connectivity index (χ1) is 7.63. The van der Waals surface area contributed by atoms with Gasteiger partial charge in [-0.15, -0.1) is 0 Å². The number of hydrogen-bond acceptors (Lipinski definition) is 2. The molecule has 2 rings (SSSR count). The summed E-state index contributed by atoms with van der Waals surface area (Å²) in [6.07, 6.45) is 1.61. The van der Waals surface area contributed by atoms with Crippen LogP contribution in [0.3, 0.4) is 0 Å². The van der Waals surface area contributed by atoms with Crippen LogP contribution in [0.2, 0.25) is 10.2 Å². The quantitative estimate of drug-likeness (QED) is 0.610. The maximum Gasteiger partial charge on any atom is 0.339 e. The zero-order valence-electron chi connectivity index (χ0n) is 8.54. The maximum absolute atomic E-state index is 11.5. The lowest BCUT2D eigenvalue weighted by molar-refractivity contribution is 0.0526. The molecule has 0 saturated carbocycles. The molecule has 3 nitrogen and oxygen atoms in total. The number of carbonyl (C=O) groups is 1. The van der Waals surface area contributed by atoms with E-state index in [1.54, 1.807) is 35.7 Å². The number of carbonyl (C=O) groups excluding carboxylic acids is 1. The summed E-state index contributed by atoms with van der Waals surface area (Å²) in [7, 11) is 0. The largest absolute Gasteiger partial charge is 0.462 e. The van der Waals surface area contributed by atoms with Gasteiger partial charge in [-0.3, -0.25) is 0 Å². The number of nitrogens with zero attached hydrogens (tertiary/aromatic N) is 1. The number of hydrogen-bond donors (Lipinski definition) is 0. The van der Waals surface area contributed by atoms with Crippen LogP contribution < -0.4 is 0 Å². The first kappa shape index (κ1) is 11.3. The summed E-state index contributed by atoms with van der Waals surface area (Å²) in [5.74, 6) is -0.363. The lowest BCUT2D eigenvalue weighted by Crippen LogP contribution is -2.02. The fourth-order valence-electron chi connectivity index (χ4n) is 1.45. The number of rotatable bonds is 2.